The van der Waals surface area contributed by atoms with E-state index in [0.717, 1.165) is 0 Å². The summed E-state index contributed by atoms with van der Waals surface area (Å²) in [6.45, 7) is 2.00. The summed E-state index contributed by atoms with van der Waals surface area (Å²) in [6, 6.07) is 0. The highest BCUT2D eigenvalue weighted by Crippen LogP contribution is 2.31. The lowest BCUT2D eigenvalue weighted by Gasteiger charge is -2.13. The number of hydrogen-bond donors (Lipinski definition) is 1. The van der Waals surface area contributed by atoms with Crippen LogP contribution in [-0.4, -0.2) is 33.0 Å². The molecule has 0 radical (unpaired) electrons. The van der Waals surface area contributed by atoms with Crippen LogP contribution in [0.3, 0.4) is 0 Å². The van der Waals surface area contributed by atoms with Crippen LogP contribution in [0.25, 0.3) is 0 Å². The molecule has 0 aromatic carbocycles. The zero-order valence-corrected chi connectivity index (χ0v) is 10.1. The van der Waals surface area contributed by atoms with Gasteiger partial charge in [-0.25, -0.2) is 0 Å². The van der Waals surface area contributed by atoms with Crippen molar-refractivity contribution in [3.63, 3.8) is 0 Å². The van der Waals surface area contributed by atoms with Crippen LogP contribution in [0.5, 0.6) is 0 Å². The first-order chi connectivity index (χ1) is 7.58. The molecule has 1 atom stereocenters. The van der Waals surface area contributed by atoms with Gasteiger partial charge in [-0.05, 0) is 0 Å². The third-order valence-corrected chi connectivity index (χ3v) is 3.55. The Balaban J connectivity index is 2.11. The Bertz CT molecular complexity index is 434. The Labute approximate surface area is 102 Å². The number of thioether (sulfide) groups is 1. The molecule has 16 heavy (non-hydrogen) atoms. The summed E-state index contributed by atoms with van der Waals surface area (Å²) in [4.78, 5) is 24.2. The van der Waals surface area contributed by atoms with E-state index in [1.54, 1.807) is 4.90 Å². The quantitative estimate of drug-likeness (QED) is 0.873. The van der Waals surface area contributed by atoms with Gasteiger partial charge in [-0.3, -0.25) is 14.7 Å². The van der Waals surface area contributed by atoms with Crippen molar-refractivity contribution >= 4 is 40.1 Å². The highest BCUT2D eigenvalue weighted by atomic mass is 35.5. The molecule has 1 unspecified atom stereocenters. The van der Waals surface area contributed by atoms with E-state index >= 15 is 0 Å². The van der Waals surface area contributed by atoms with E-state index in [0.29, 0.717) is 23.8 Å². The molecule has 1 saturated heterocycles. The van der Waals surface area contributed by atoms with Crippen LogP contribution in [0.2, 0.25) is 5.15 Å². The minimum atomic E-state index is -0.0259. The summed E-state index contributed by atoms with van der Waals surface area (Å²) in [7, 11) is 0. The number of H-pyrrole nitrogens is 1. The molecule has 0 aliphatic carbocycles. The summed E-state index contributed by atoms with van der Waals surface area (Å²) in [5.74, 6) is -0.0259. The lowest BCUT2D eigenvalue weighted by molar-refractivity contribution is -0.117. The lowest BCUT2D eigenvalue weighted by atomic mass is 10.4. The van der Waals surface area contributed by atoms with E-state index in [9.17, 15) is 9.59 Å². The largest absolute Gasteiger partial charge is 0.307 e. The Morgan fingerprint density at radius 2 is 2.50 bits per heavy atom. The highest BCUT2D eigenvalue weighted by molar-refractivity contribution is 8.14. The maximum atomic E-state index is 11.7. The molecule has 7 heteroatoms. The predicted molar refractivity (Wildman–Crippen MR) is 62.6 cm³/mol. The molecule has 86 valence electrons. The Hall–Kier alpha value is -1.01. The van der Waals surface area contributed by atoms with Crippen molar-refractivity contribution < 1.29 is 9.59 Å². The van der Waals surface area contributed by atoms with Gasteiger partial charge in [0.05, 0.1) is 6.20 Å². The number of aromatic amines is 1. The summed E-state index contributed by atoms with van der Waals surface area (Å²) >= 11 is 7.05. The maximum Gasteiger partial charge on any atom is 0.228 e. The number of halogens is 1. The first-order valence-electron chi connectivity index (χ1n) is 4.74. The van der Waals surface area contributed by atoms with Crippen molar-refractivity contribution in [2.45, 2.75) is 18.6 Å². The first-order valence-corrected chi connectivity index (χ1v) is 6.00. The second-order valence-corrected chi connectivity index (χ2v) is 5.36. The normalized spacial score (nSPS) is 20.5. The van der Waals surface area contributed by atoms with Crippen LogP contribution >= 0.6 is 23.4 Å². The van der Waals surface area contributed by atoms with E-state index in [2.05, 4.69) is 10.2 Å². The minimum absolute atomic E-state index is 0.0102. The molecule has 1 fully saturated rings. The van der Waals surface area contributed by atoms with Crippen molar-refractivity contribution in [1.82, 2.24) is 10.2 Å². The molecule has 1 aliphatic rings. The van der Waals surface area contributed by atoms with Gasteiger partial charge in [0, 0.05) is 25.1 Å². The van der Waals surface area contributed by atoms with Gasteiger partial charge in [0.25, 0.3) is 0 Å². The molecule has 2 heterocycles. The summed E-state index contributed by atoms with van der Waals surface area (Å²) in [5.41, 5.74) is 0.582. The predicted octanol–water partition coefficient (Wildman–Crippen LogP) is 1.45. The van der Waals surface area contributed by atoms with Crippen LogP contribution in [0.15, 0.2) is 6.20 Å². The van der Waals surface area contributed by atoms with Crippen molar-refractivity contribution in [3.8, 4) is 0 Å². The summed E-state index contributed by atoms with van der Waals surface area (Å²) in [5, 5.41) is 6.72. The number of hydrogen-bond acceptors (Lipinski definition) is 4. The third kappa shape index (κ3) is 2.22. The lowest BCUT2D eigenvalue weighted by Crippen LogP contribution is -2.24. The highest BCUT2D eigenvalue weighted by Gasteiger charge is 2.33. The van der Waals surface area contributed by atoms with E-state index in [1.807, 2.05) is 0 Å². The SMILES string of the molecule is CC(=O)SC1CC(=O)N(c2cn[nH]c2Cl)C1. The van der Waals surface area contributed by atoms with Crippen LogP contribution in [0.1, 0.15) is 13.3 Å². The zero-order chi connectivity index (χ0) is 11.7. The van der Waals surface area contributed by atoms with Crippen molar-refractivity contribution in [2.75, 3.05) is 11.4 Å². The van der Waals surface area contributed by atoms with Crippen LogP contribution < -0.4 is 4.90 Å². The number of aromatic nitrogens is 2. The van der Waals surface area contributed by atoms with Gasteiger partial charge in [-0.2, -0.15) is 5.10 Å². The third-order valence-electron chi connectivity index (χ3n) is 2.29. The smallest absolute Gasteiger partial charge is 0.228 e. The van der Waals surface area contributed by atoms with Gasteiger partial charge in [0.15, 0.2) is 5.12 Å². The fourth-order valence-electron chi connectivity index (χ4n) is 1.67. The number of rotatable bonds is 2. The summed E-state index contributed by atoms with van der Waals surface area (Å²) in [6.07, 6.45) is 1.88. The number of nitrogens with one attached hydrogen (secondary N) is 1. The second kappa shape index (κ2) is 4.47. The standard InChI is InChI=1S/C9H10ClN3O2S/c1-5(14)16-6-2-8(15)13(4-6)7-3-11-12-9(7)10/h3,6H,2,4H2,1H3,(H,11,12). The van der Waals surface area contributed by atoms with Crippen molar-refractivity contribution in [1.29, 1.82) is 0 Å². The van der Waals surface area contributed by atoms with E-state index in [1.165, 1.54) is 24.9 Å². The Kier molecular flexibility index (Phi) is 3.20. The molecule has 0 bridgehead atoms. The maximum absolute atomic E-state index is 11.7. The van der Waals surface area contributed by atoms with Crippen molar-refractivity contribution in [2.24, 2.45) is 0 Å². The number of carbonyl (C=O) groups excluding carboxylic acids is 2. The molecule has 5 nitrogen and oxygen atoms in total. The van der Waals surface area contributed by atoms with Crippen LogP contribution in [0, 0.1) is 0 Å². The molecule has 1 aliphatic heterocycles. The molecule has 1 aromatic rings. The second-order valence-electron chi connectivity index (χ2n) is 3.51. The van der Waals surface area contributed by atoms with Gasteiger partial charge >= 0.3 is 0 Å². The number of carbonyl (C=O) groups is 2. The fraction of sp³-hybridized carbons (Fsp3) is 0.444. The zero-order valence-electron chi connectivity index (χ0n) is 8.57. The molecule has 1 aromatic heterocycles. The Morgan fingerprint density at radius 3 is 3.06 bits per heavy atom. The fourth-order valence-corrected chi connectivity index (χ4v) is 2.79. The number of anilines is 1. The monoisotopic (exact) mass is 259 g/mol. The average Bonchev–Trinajstić information content (AvgIpc) is 2.71. The number of nitrogens with zero attached hydrogens (tertiary/aromatic N) is 2. The number of amides is 1. The van der Waals surface area contributed by atoms with E-state index in [-0.39, 0.29) is 16.3 Å². The van der Waals surface area contributed by atoms with Crippen LogP contribution in [-0.2, 0) is 9.59 Å². The van der Waals surface area contributed by atoms with Crippen molar-refractivity contribution in [3.05, 3.63) is 11.3 Å². The van der Waals surface area contributed by atoms with E-state index < -0.39 is 0 Å². The molecular formula is C9H10ClN3O2S. The van der Waals surface area contributed by atoms with Crippen LogP contribution in [0.4, 0.5) is 5.69 Å². The summed E-state index contributed by atoms with van der Waals surface area (Å²) < 4.78 is 0. The Morgan fingerprint density at radius 1 is 1.75 bits per heavy atom. The average molecular weight is 260 g/mol. The molecule has 2 rings (SSSR count). The topological polar surface area (TPSA) is 66.1 Å². The first kappa shape index (κ1) is 11.5. The molecular weight excluding hydrogens is 250 g/mol. The molecule has 0 spiro atoms. The minimum Gasteiger partial charge on any atom is -0.307 e. The molecule has 1 amide bonds. The molecule has 0 saturated carbocycles. The van der Waals surface area contributed by atoms with E-state index in [4.69, 9.17) is 11.6 Å². The van der Waals surface area contributed by atoms with Gasteiger partial charge < -0.3 is 4.90 Å². The van der Waals surface area contributed by atoms with Gasteiger partial charge in [-0.1, -0.05) is 23.4 Å². The van der Waals surface area contributed by atoms with Gasteiger partial charge in [-0.15, -0.1) is 0 Å². The molecule has 1 N–H and O–H groups in total. The van der Waals surface area contributed by atoms with Gasteiger partial charge in [0.2, 0.25) is 5.91 Å². The van der Waals surface area contributed by atoms with Gasteiger partial charge in [0.1, 0.15) is 10.8 Å².